The molecular weight excluding hydrogens is 444 g/mol. The van der Waals surface area contributed by atoms with Gasteiger partial charge in [0.2, 0.25) is 0 Å². The Kier molecular flexibility index (Phi) is 6.19. The summed E-state index contributed by atoms with van der Waals surface area (Å²) in [7, 11) is -2.89. The molecule has 1 aromatic heterocycles. The monoisotopic (exact) mass is 472 g/mol. The average Bonchev–Trinajstić information content (AvgIpc) is 3.09. The van der Waals surface area contributed by atoms with Crippen molar-refractivity contribution in [2.24, 2.45) is 0 Å². The molecule has 174 valence electrons. The van der Waals surface area contributed by atoms with Crippen LogP contribution in [0.5, 0.6) is 0 Å². The van der Waals surface area contributed by atoms with E-state index in [0.29, 0.717) is 28.5 Å². The number of fused-ring (bicyclic) bond motifs is 1. The van der Waals surface area contributed by atoms with Crippen molar-refractivity contribution in [3.8, 4) is 0 Å². The van der Waals surface area contributed by atoms with E-state index in [4.69, 9.17) is 4.42 Å². The fourth-order valence-electron chi connectivity index (χ4n) is 5.40. The van der Waals surface area contributed by atoms with Gasteiger partial charge in [-0.15, -0.1) is 0 Å². The lowest BCUT2D eigenvalue weighted by Crippen LogP contribution is -2.55. The minimum atomic E-state index is -2.89. The molecule has 0 aliphatic heterocycles. The molecule has 0 saturated carbocycles. The predicted molar refractivity (Wildman–Crippen MR) is 136 cm³/mol. The molecule has 34 heavy (non-hydrogen) atoms. The van der Waals surface area contributed by atoms with Gasteiger partial charge in [0.15, 0.2) is 0 Å². The Morgan fingerprint density at radius 1 is 0.882 bits per heavy atom. The molecule has 2 N–H and O–H groups in total. The number of aromatic carboxylic acids is 1. The largest absolute Gasteiger partial charge is 0.481 e. The van der Waals surface area contributed by atoms with Crippen molar-refractivity contribution in [3.63, 3.8) is 0 Å². The third-order valence-electron chi connectivity index (χ3n) is 6.82. The molecule has 0 bridgehead atoms. The van der Waals surface area contributed by atoms with Gasteiger partial charge in [-0.2, -0.15) is 0 Å². The molecule has 0 aliphatic rings. The van der Waals surface area contributed by atoms with Crippen molar-refractivity contribution in [1.29, 1.82) is 0 Å². The van der Waals surface area contributed by atoms with Crippen molar-refractivity contribution in [1.82, 2.24) is 0 Å². The average molecular weight is 473 g/mol. The Balaban J connectivity index is 2.06. The summed E-state index contributed by atoms with van der Waals surface area (Å²) in [5, 5.41) is 23.2. The molecule has 1 heterocycles. The molecule has 2 unspecified atom stereocenters. The van der Waals surface area contributed by atoms with Gasteiger partial charge in [0.25, 0.3) is 0 Å². The molecule has 0 fully saturated rings. The summed E-state index contributed by atoms with van der Waals surface area (Å²) >= 11 is 0. The zero-order valence-corrected chi connectivity index (χ0v) is 20.8. The Morgan fingerprint density at radius 2 is 1.44 bits per heavy atom. The number of carboxylic acid groups (broad SMARTS) is 2. The maximum absolute atomic E-state index is 13.0. The zero-order valence-electron chi connectivity index (χ0n) is 19.8. The lowest BCUT2D eigenvalue weighted by atomic mass is 9.93. The first-order valence-electron chi connectivity index (χ1n) is 11.2. The molecule has 0 amide bonds. The SMILES string of the molecule is Cc1cc(C(C(=O)O)[Si](C)(Cc2ccccc2)c2ccccc2)c(C(=O)O)c2c(C)oc(C)c12. The minimum absolute atomic E-state index is 0.0325. The van der Waals surface area contributed by atoms with Crippen LogP contribution in [0.3, 0.4) is 0 Å². The Hall–Kier alpha value is -3.64. The van der Waals surface area contributed by atoms with Crippen LogP contribution in [0.2, 0.25) is 6.55 Å². The van der Waals surface area contributed by atoms with Crippen molar-refractivity contribution in [2.45, 2.75) is 38.9 Å². The maximum atomic E-state index is 13.0. The van der Waals surface area contributed by atoms with E-state index in [1.54, 1.807) is 19.9 Å². The smallest absolute Gasteiger partial charge is 0.336 e. The Morgan fingerprint density at radius 3 is 2.00 bits per heavy atom. The van der Waals surface area contributed by atoms with Gasteiger partial charge in [-0.3, -0.25) is 4.79 Å². The fourth-order valence-corrected chi connectivity index (χ4v) is 9.64. The molecule has 2 atom stereocenters. The van der Waals surface area contributed by atoms with Crippen LogP contribution in [0.1, 0.15) is 44.1 Å². The summed E-state index contributed by atoms with van der Waals surface area (Å²) < 4.78 is 5.80. The number of carbonyl (C=O) groups is 2. The quantitative estimate of drug-likeness (QED) is 0.345. The lowest BCUT2D eigenvalue weighted by molar-refractivity contribution is -0.136. The molecule has 0 aliphatic carbocycles. The first kappa shape index (κ1) is 23.5. The van der Waals surface area contributed by atoms with Gasteiger partial charge < -0.3 is 14.6 Å². The fraction of sp³-hybridized carbons (Fsp3) is 0.214. The van der Waals surface area contributed by atoms with Gasteiger partial charge in [-0.1, -0.05) is 84.0 Å². The van der Waals surface area contributed by atoms with E-state index in [-0.39, 0.29) is 5.56 Å². The first-order valence-corrected chi connectivity index (χ1v) is 14.0. The number of benzene rings is 3. The summed E-state index contributed by atoms with van der Waals surface area (Å²) in [6.45, 7) is 7.48. The van der Waals surface area contributed by atoms with E-state index in [0.717, 1.165) is 21.7 Å². The van der Waals surface area contributed by atoms with Gasteiger partial charge in [0.1, 0.15) is 19.6 Å². The van der Waals surface area contributed by atoms with E-state index in [1.807, 2.05) is 74.1 Å². The van der Waals surface area contributed by atoms with Gasteiger partial charge in [0, 0.05) is 10.8 Å². The van der Waals surface area contributed by atoms with Gasteiger partial charge in [0.05, 0.1) is 11.1 Å². The summed E-state index contributed by atoms with van der Waals surface area (Å²) in [5.74, 6) is -1.02. The van der Waals surface area contributed by atoms with E-state index in [2.05, 4.69) is 0 Å². The maximum Gasteiger partial charge on any atom is 0.336 e. The van der Waals surface area contributed by atoms with Gasteiger partial charge in [-0.25, -0.2) is 4.79 Å². The normalized spacial score (nSPS) is 14.0. The molecule has 4 aromatic rings. The second-order valence-corrected chi connectivity index (χ2v) is 13.5. The van der Waals surface area contributed by atoms with Gasteiger partial charge >= 0.3 is 11.9 Å². The second kappa shape index (κ2) is 8.95. The highest BCUT2D eigenvalue weighted by Crippen LogP contribution is 2.40. The number of hydrogen-bond donors (Lipinski definition) is 2. The summed E-state index contributed by atoms with van der Waals surface area (Å²) in [6.07, 6.45) is 0. The molecule has 6 heteroatoms. The molecule has 4 rings (SSSR count). The second-order valence-electron chi connectivity index (χ2n) is 9.14. The molecule has 0 radical (unpaired) electrons. The third-order valence-corrected chi connectivity index (χ3v) is 11.4. The highest BCUT2D eigenvalue weighted by molar-refractivity contribution is 6.93. The summed E-state index contributed by atoms with van der Waals surface area (Å²) in [4.78, 5) is 25.7. The lowest BCUT2D eigenvalue weighted by Gasteiger charge is -2.35. The Labute approximate surface area is 199 Å². The van der Waals surface area contributed by atoms with Crippen molar-refractivity contribution >= 4 is 36.0 Å². The number of aryl methyl sites for hydroxylation is 3. The number of hydrogen-bond acceptors (Lipinski definition) is 3. The number of carboxylic acids is 2. The van der Waals surface area contributed by atoms with Crippen LogP contribution < -0.4 is 5.19 Å². The van der Waals surface area contributed by atoms with E-state index >= 15 is 0 Å². The van der Waals surface area contributed by atoms with Crippen LogP contribution in [-0.4, -0.2) is 30.2 Å². The zero-order chi connectivity index (χ0) is 24.6. The molecule has 5 nitrogen and oxygen atoms in total. The predicted octanol–water partition coefficient (Wildman–Crippen LogP) is 5.53. The van der Waals surface area contributed by atoms with Crippen LogP contribution in [-0.2, 0) is 10.8 Å². The van der Waals surface area contributed by atoms with Crippen molar-refractivity contribution < 1.29 is 24.2 Å². The van der Waals surface area contributed by atoms with Crippen LogP contribution in [0, 0.1) is 20.8 Å². The van der Waals surface area contributed by atoms with E-state index in [1.165, 1.54) is 0 Å². The van der Waals surface area contributed by atoms with Crippen LogP contribution in [0.15, 0.2) is 71.1 Å². The van der Waals surface area contributed by atoms with Crippen molar-refractivity contribution in [2.75, 3.05) is 0 Å². The van der Waals surface area contributed by atoms with E-state index in [9.17, 15) is 19.8 Å². The van der Waals surface area contributed by atoms with Crippen LogP contribution in [0.4, 0.5) is 0 Å². The topological polar surface area (TPSA) is 87.7 Å². The number of aliphatic carboxylic acids is 1. The summed E-state index contributed by atoms with van der Waals surface area (Å²) in [6, 6.07) is 21.8. The summed E-state index contributed by atoms with van der Waals surface area (Å²) in [5.41, 5.74) is 1.27. The van der Waals surface area contributed by atoms with Gasteiger partial charge in [-0.05, 0) is 37.9 Å². The van der Waals surface area contributed by atoms with Crippen LogP contribution in [0.25, 0.3) is 10.8 Å². The standard InChI is InChI=1S/C28H28O5Si/c1-17-15-22(25(27(29)30)24-19(3)33-18(2)23(17)24)26(28(31)32)34(4,21-13-9-6-10-14-21)16-20-11-7-5-8-12-20/h5-15,26H,16H2,1-4H3,(H,29,30)(H,31,32). The number of furan rings is 1. The molecule has 3 aromatic carbocycles. The molecule has 0 spiro atoms. The highest BCUT2D eigenvalue weighted by atomic mass is 28.3. The van der Waals surface area contributed by atoms with E-state index < -0.39 is 25.6 Å². The highest BCUT2D eigenvalue weighted by Gasteiger charge is 2.46. The minimum Gasteiger partial charge on any atom is -0.481 e. The van der Waals surface area contributed by atoms with Crippen LogP contribution >= 0.6 is 0 Å². The molecular formula is C28H28O5Si. The first-order chi connectivity index (χ1) is 16.1. The third kappa shape index (κ3) is 3.94. The molecule has 0 saturated heterocycles. The Bertz CT molecular complexity index is 1370. The number of rotatable bonds is 7. The van der Waals surface area contributed by atoms with Crippen molar-refractivity contribution in [3.05, 3.63) is 101 Å².